The highest BCUT2D eigenvalue weighted by molar-refractivity contribution is 5.83. The maximum absolute atomic E-state index is 11.1. The van der Waals surface area contributed by atoms with Crippen LogP contribution in [0.4, 0.5) is 0 Å². The minimum Gasteiger partial charge on any atom is -0.380 e. The molecule has 0 saturated carbocycles. The lowest BCUT2D eigenvalue weighted by Crippen LogP contribution is -2.37. The highest BCUT2D eigenvalue weighted by atomic mass is 16.5. The van der Waals surface area contributed by atoms with Gasteiger partial charge in [0.25, 0.3) is 0 Å². The molecule has 0 fully saturated rings. The molecular formula is C8H17NO2. The molecule has 0 heterocycles. The molecule has 66 valence electrons. The van der Waals surface area contributed by atoms with Crippen molar-refractivity contribution in [2.45, 2.75) is 26.3 Å². The zero-order chi connectivity index (χ0) is 8.69. The first-order valence-electron chi connectivity index (χ1n) is 4.03. The summed E-state index contributed by atoms with van der Waals surface area (Å²) in [5.41, 5.74) is 0. The van der Waals surface area contributed by atoms with E-state index in [1.165, 1.54) is 0 Å². The zero-order valence-electron chi connectivity index (χ0n) is 7.52. The van der Waals surface area contributed by atoms with Crippen molar-refractivity contribution in [1.29, 1.82) is 0 Å². The van der Waals surface area contributed by atoms with E-state index in [4.69, 9.17) is 4.74 Å². The van der Waals surface area contributed by atoms with Crippen molar-refractivity contribution >= 4 is 5.78 Å². The molecule has 0 aromatic carbocycles. The Morgan fingerprint density at radius 1 is 1.55 bits per heavy atom. The standard InChI is InChI=1S/C8H17NO2/c1-4-8(10)7(9-3)6-11-5-2/h7,9H,4-6H2,1-3H3. The van der Waals surface area contributed by atoms with Gasteiger partial charge in [-0.3, -0.25) is 4.79 Å². The molecular weight excluding hydrogens is 142 g/mol. The summed E-state index contributed by atoms with van der Waals surface area (Å²) in [6, 6.07) is -0.125. The van der Waals surface area contributed by atoms with Crippen molar-refractivity contribution in [2.24, 2.45) is 0 Å². The number of nitrogens with one attached hydrogen (secondary N) is 1. The lowest BCUT2D eigenvalue weighted by Gasteiger charge is -2.12. The predicted octanol–water partition coefficient (Wildman–Crippen LogP) is 0.590. The molecule has 0 aliphatic rings. The Bertz CT molecular complexity index is 115. The van der Waals surface area contributed by atoms with Crippen LogP contribution in [0.1, 0.15) is 20.3 Å². The van der Waals surface area contributed by atoms with Gasteiger partial charge in [0.1, 0.15) is 0 Å². The van der Waals surface area contributed by atoms with E-state index in [0.717, 1.165) is 0 Å². The van der Waals surface area contributed by atoms with E-state index in [1.54, 1.807) is 7.05 Å². The summed E-state index contributed by atoms with van der Waals surface area (Å²) in [5, 5.41) is 2.91. The Morgan fingerprint density at radius 3 is 2.55 bits per heavy atom. The summed E-state index contributed by atoms with van der Waals surface area (Å²) >= 11 is 0. The molecule has 11 heavy (non-hydrogen) atoms. The van der Waals surface area contributed by atoms with Gasteiger partial charge in [-0.05, 0) is 14.0 Å². The van der Waals surface area contributed by atoms with Crippen LogP contribution >= 0.6 is 0 Å². The third-order valence-electron chi connectivity index (χ3n) is 1.57. The van der Waals surface area contributed by atoms with Crippen LogP contribution in [0.2, 0.25) is 0 Å². The van der Waals surface area contributed by atoms with E-state index < -0.39 is 0 Å². The Hall–Kier alpha value is -0.410. The van der Waals surface area contributed by atoms with Crippen LogP contribution in [0.5, 0.6) is 0 Å². The summed E-state index contributed by atoms with van der Waals surface area (Å²) < 4.78 is 5.13. The Balaban J connectivity index is 3.65. The Morgan fingerprint density at radius 2 is 2.18 bits per heavy atom. The molecule has 0 bridgehead atoms. The molecule has 0 amide bonds. The van der Waals surface area contributed by atoms with Gasteiger partial charge < -0.3 is 10.1 Å². The number of carbonyl (C=O) groups excluding carboxylic acids is 1. The predicted molar refractivity (Wildman–Crippen MR) is 44.6 cm³/mol. The van der Waals surface area contributed by atoms with Gasteiger partial charge in [-0.1, -0.05) is 6.92 Å². The molecule has 3 nitrogen and oxygen atoms in total. The lowest BCUT2D eigenvalue weighted by molar-refractivity contribution is -0.122. The fourth-order valence-electron chi connectivity index (χ4n) is 0.819. The number of carbonyl (C=O) groups is 1. The summed E-state index contributed by atoms with van der Waals surface area (Å²) in [7, 11) is 1.78. The third-order valence-corrected chi connectivity index (χ3v) is 1.57. The molecule has 1 atom stereocenters. The molecule has 0 spiro atoms. The molecule has 0 aliphatic carbocycles. The summed E-state index contributed by atoms with van der Waals surface area (Å²) in [6.07, 6.45) is 0.568. The van der Waals surface area contributed by atoms with Crippen molar-refractivity contribution < 1.29 is 9.53 Å². The van der Waals surface area contributed by atoms with E-state index in [1.807, 2.05) is 13.8 Å². The van der Waals surface area contributed by atoms with Gasteiger partial charge in [0.2, 0.25) is 0 Å². The molecule has 3 heteroatoms. The van der Waals surface area contributed by atoms with Crippen molar-refractivity contribution in [3.05, 3.63) is 0 Å². The van der Waals surface area contributed by atoms with Crippen LogP contribution in [0.25, 0.3) is 0 Å². The first-order valence-corrected chi connectivity index (χ1v) is 4.03. The van der Waals surface area contributed by atoms with E-state index >= 15 is 0 Å². The average Bonchev–Trinajstić information content (AvgIpc) is 2.05. The minimum atomic E-state index is -0.125. The quantitative estimate of drug-likeness (QED) is 0.616. The van der Waals surface area contributed by atoms with Crippen LogP contribution in [-0.2, 0) is 9.53 Å². The molecule has 0 saturated heterocycles. The topological polar surface area (TPSA) is 38.3 Å². The fourth-order valence-corrected chi connectivity index (χ4v) is 0.819. The number of Topliss-reactive ketones (excluding diaryl/α,β-unsaturated/α-hetero) is 1. The van der Waals surface area contributed by atoms with Crippen LogP contribution in [0.3, 0.4) is 0 Å². The second-order valence-corrected chi connectivity index (χ2v) is 2.32. The van der Waals surface area contributed by atoms with Gasteiger partial charge in [0.05, 0.1) is 12.6 Å². The first kappa shape index (κ1) is 10.6. The van der Waals surface area contributed by atoms with Gasteiger partial charge in [-0.25, -0.2) is 0 Å². The number of ether oxygens (including phenoxy) is 1. The van der Waals surface area contributed by atoms with Crippen molar-refractivity contribution in [2.75, 3.05) is 20.3 Å². The molecule has 0 aliphatic heterocycles. The van der Waals surface area contributed by atoms with E-state index in [9.17, 15) is 4.79 Å². The highest BCUT2D eigenvalue weighted by Gasteiger charge is 2.13. The third kappa shape index (κ3) is 4.11. The normalized spacial score (nSPS) is 13.0. The Labute approximate surface area is 68.1 Å². The molecule has 0 aromatic rings. The van der Waals surface area contributed by atoms with Gasteiger partial charge in [0, 0.05) is 13.0 Å². The molecule has 1 N–H and O–H groups in total. The van der Waals surface area contributed by atoms with Crippen LogP contribution < -0.4 is 5.32 Å². The summed E-state index contributed by atoms with van der Waals surface area (Å²) in [5.74, 6) is 0.209. The fraction of sp³-hybridized carbons (Fsp3) is 0.875. The van der Waals surface area contributed by atoms with Gasteiger partial charge in [-0.15, -0.1) is 0 Å². The maximum Gasteiger partial charge on any atom is 0.151 e. The SMILES string of the molecule is CCOCC(NC)C(=O)CC. The van der Waals surface area contributed by atoms with Gasteiger partial charge >= 0.3 is 0 Å². The first-order chi connectivity index (χ1) is 5.26. The van der Waals surface area contributed by atoms with Crippen molar-refractivity contribution in [3.8, 4) is 0 Å². The molecule has 0 aromatic heterocycles. The lowest BCUT2D eigenvalue weighted by atomic mass is 10.1. The van der Waals surface area contributed by atoms with E-state index in [0.29, 0.717) is 19.6 Å². The molecule has 1 unspecified atom stereocenters. The molecule has 0 radical (unpaired) electrons. The van der Waals surface area contributed by atoms with Crippen LogP contribution in [0, 0.1) is 0 Å². The van der Waals surface area contributed by atoms with Gasteiger partial charge in [-0.2, -0.15) is 0 Å². The van der Waals surface area contributed by atoms with E-state index in [2.05, 4.69) is 5.32 Å². The second kappa shape index (κ2) is 6.31. The number of hydrogen-bond acceptors (Lipinski definition) is 3. The number of ketones is 1. The second-order valence-electron chi connectivity index (χ2n) is 2.32. The number of likely N-dealkylation sites (N-methyl/N-ethyl adjacent to an activating group) is 1. The van der Waals surface area contributed by atoms with Gasteiger partial charge in [0.15, 0.2) is 5.78 Å². The highest BCUT2D eigenvalue weighted by Crippen LogP contribution is 1.91. The minimum absolute atomic E-state index is 0.125. The largest absolute Gasteiger partial charge is 0.380 e. The van der Waals surface area contributed by atoms with Crippen molar-refractivity contribution in [3.63, 3.8) is 0 Å². The van der Waals surface area contributed by atoms with E-state index in [-0.39, 0.29) is 11.8 Å². The summed E-state index contributed by atoms with van der Waals surface area (Å²) in [6.45, 7) is 4.93. The smallest absolute Gasteiger partial charge is 0.151 e. The summed E-state index contributed by atoms with van der Waals surface area (Å²) in [4.78, 5) is 11.1. The monoisotopic (exact) mass is 159 g/mol. The van der Waals surface area contributed by atoms with Crippen LogP contribution in [0.15, 0.2) is 0 Å². The van der Waals surface area contributed by atoms with Crippen LogP contribution in [-0.4, -0.2) is 32.1 Å². The maximum atomic E-state index is 11.1. The van der Waals surface area contributed by atoms with Crippen molar-refractivity contribution in [1.82, 2.24) is 5.32 Å². The zero-order valence-corrected chi connectivity index (χ0v) is 7.52. The number of rotatable bonds is 6. The average molecular weight is 159 g/mol. The molecule has 0 rings (SSSR count). The number of hydrogen-bond donors (Lipinski definition) is 1. The Kier molecular flexibility index (Phi) is 6.07.